The summed E-state index contributed by atoms with van der Waals surface area (Å²) in [5.41, 5.74) is 7.43. The predicted molar refractivity (Wildman–Crippen MR) is 159 cm³/mol. The number of anilines is 2. The van der Waals surface area contributed by atoms with Crippen LogP contribution in [0.3, 0.4) is 0 Å². The number of benzene rings is 1. The molecule has 40 heavy (non-hydrogen) atoms. The topological polar surface area (TPSA) is 106 Å². The Labute approximate surface area is 233 Å². The van der Waals surface area contributed by atoms with Gasteiger partial charge in [0.15, 0.2) is 5.65 Å². The van der Waals surface area contributed by atoms with E-state index < -0.39 is 0 Å². The first kappa shape index (κ1) is 24.8. The number of hydrogen-bond acceptors (Lipinski definition) is 6. The Balaban J connectivity index is 1.19. The van der Waals surface area contributed by atoms with Gasteiger partial charge in [-0.05, 0) is 50.2 Å². The lowest BCUT2D eigenvalue weighted by molar-refractivity contribution is -0.120. The van der Waals surface area contributed by atoms with Crippen LogP contribution in [0.4, 0.5) is 11.4 Å². The highest BCUT2D eigenvalue weighted by Gasteiger charge is 2.22. The number of hydrogen-bond donors (Lipinski definition) is 3. The van der Waals surface area contributed by atoms with E-state index in [2.05, 4.69) is 77.6 Å². The van der Waals surface area contributed by atoms with E-state index in [1.165, 1.54) is 17.5 Å². The van der Waals surface area contributed by atoms with Crippen LogP contribution in [-0.2, 0) is 4.79 Å². The summed E-state index contributed by atoms with van der Waals surface area (Å²) in [6, 6.07) is 12.7. The average Bonchev–Trinajstić information content (AvgIpc) is 3.62. The quantitative estimate of drug-likeness (QED) is 0.277. The molecule has 204 valence electrons. The smallest absolute Gasteiger partial charge is 0.227 e. The lowest BCUT2D eigenvalue weighted by Gasteiger charge is -2.34. The van der Waals surface area contributed by atoms with Crippen LogP contribution in [0.5, 0.6) is 0 Å². The molecule has 1 aliphatic heterocycles. The minimum Gasteiger partial charge on any atom is -0.368 e. The van der Waals surface area contributed by atoms with Gasteiger partial charge in [0.1, 0.15) is 0 Å². The molecule has 1 aromatic carbocycles. The molecule has 1 aliphatic carbocycles. The molecule has 0 radical (unpaired) electrons. The Bertz CT molecular complexity index is 1670. The second kappa shape index (κ2) is 10.4. The summed E-state index contributed by atoms with van der Waals surface area (Å²) in [6.45, 7) is 4.16. The predicted octanol–water partition coefficient (Wildman–Crippen LogP) is 5.44. The lowest BCUT2D eigenvalue weighted by atomic mass is 9.88. The van der Waals surface area contributed by atoms with E-state index in [1.807, 2.05) is 18.5 Å². The Hall–Kier alpha value is -4.24. The van der Waals surface area contributed by atoms with Gasteiger partial charge in [-0.15, -0.1) is 0 Å². The standard InChI is InChI=1S/C31H34N8O/c1-38-10-12-39(13-11-38)28-9-5-8-26-24(28)16-27(35-26)29-25-15-22(18-33-30(25)37-36-29)21-14-23(19-32-17-21)34-31(40)20-6-3-2-4-7-20/h5,8-9,14-20,35H,2-4,6-7,10-13H2,1H3,(H,34,40)(H,33,36,37). The first-order chi connectivity index (χ1) is 19.6. The van der Waals surface area contributed by atoms with Gasteiger partial charge in [-0.1, -0.05) is 25.3 Å². The maximum absolute atomic E-state index is 12.8. The van der Waals surface area contributed by atoms with Crippen molar-refractivity contribution in [3.8, 4) is 22.5 Å². The Kier molecular flexibility index (Phi) is 6.43. The van der Waals surface area contributed by atoms with Crippen molar-refractivity contribution in [3.63, 3.8) is 0 Å². The van der Waals surface area contributed by atoms with Crippen LogP contribution in [0.2, 0.25) is 0 Å². The summed E-state index contributed by atoms with van der Waals surface area (Å²) in [5, 5.41) is 12.9. The molecule has 9 heteroatoms. The van der Waals surface area contributed by atoms with Gasteiger partial charge in [0.05, 0.1) is 23.3 Å². The minimum absolute atomic E-state index is 0.0944. The number of nitrogens with zero attached hydrogens (tertiary/aromatic N) is 5. The molecule has 2 aliphatic rings. The molecule has 9 nitrogen and oxygen atoms in total. The Morgan fingerprint density at radius 3 is 2.62 bits per heavy atom. The van der Waals surface area contributed by atoms with E-state index >= 15 is 0 Å². The summed E-state index contributed by atoms with van der Waals surface area (Å²) in [7, 11) is 2.18. The van der Waals surface area contributed by atoms with Crippen LogP contribution in [0.15, 0.2) is 55.0 Å². The van der Waals surface area contributed by atoms with Gasteiger partial charge in [-0.2, -0.15) is 5.10 Å². The van der Waals surface area contributed by atoms with E-state index in [-0.39, 0.29) is 11.8 Å². The molecule has 3 N–H and O–H groups in total. The SMILES string of the molecule is CN1CCN(c2cccc3[nH]c(-c4[nH]nc5ncc(-c6cncc(NC(=O)C7CCCCC7)c6)cc45)cc23)CC1. The monoisotopic (exact) mass is 534 g/mol. The Morgan fingerprint density at radius 1 is 0.950 bits per heavy atom. The van der Waals surface area contributed by atoms with Gasteiger partial charge in [-0.3, -0.25) is 14.9 Å². The number of H-pyrrole nitrogens is 2. The fourth-order valence-electron chi connectivity index (χ4n) is 6.14. The van der Waals surface area contributed by atoms with Crippen molar-refractivity contribution in [2.75, 3.05) is 43.4 Å². The summed E-state index contributed by atoms with van der Waals surface area (Å²) in [5.74, 6) is 0.191. The van der Waals surface area contributed by atoms with Crippen LogP contribution in [0, 0.1) is 5.92 Å². The molecule has 0 atom stereocenters. The average molecular weight is 535 g/mol. The molecule has 5 heterocycles. The summed E-state index contributed by atoms with van der Waals surface area (Å²) in [6.07, 6.45) is 10.7. The number of nitrogens with one attached hydrogen (secondary N) is 3. The third kappa shape index (κ3) is 4.70. The molecule has 1 amide bonds. The van der Waals surface area contributed by atoms with Crippen molar-refractivity contribution in [1.29, 1.82) is 0 Å². The van der Waals surface area contributed by atoms with Crippen LogP contribution in [0.1, 0.15) is 32.1 Å². The molecule has 0 bridgehead atoms. The summed E-state index contributed by atoms with van der Waals surface area (Å²) >= 11 is 0. The third-order valence-corrected chi connectivity index (χ3v) is 8.48. The number of rotatable bonds is 5. The number of aromatic nitrogens is 5. The zero-order chi connectivity index (χ0) is 27.1. The number of likely N-dealkylation sites (N-methyl/N-ethyl adjacent to an activating group) is 1. The van der Waals surface area contributed by atoms with E-state index in [0.29, 0.717) is 11.3 Å². The van der Waals surface area contributed by atoms with Crippen LogP contribution in [-0.4, -0.2) is 69.2 Å². The zero-order valence-corrected chi connectivity index (χ0v) is 22.8. The van der Waals surface area contributed by atoms with E-state index in [9.17, 15) is 4.79 Å². The summed E-state index contributed by atoms with van der Waals surface area (Å²) < 4.78 is 0. The van der Waals surface area contributed by atoms with Crippen molar-refractivity contribution in [3.05, 3.63) is 55.0 Å². The maximum Gasteiger partial charge on any atom is 0.227 e. The number of carbonyl (C=O) groups excluding carboxylic acids is 1. The van der Waals surface area contributed by atoms with Crippen molar-refractivity contribution < 1.29 is 4.79 Å². The zero-order valence-electron chi connectivity index (χ0n) is 22.8. The second-order valence-corrected chi connectivity index (χ2v) is 11.2. The van der Waals surface area contributed by atoms with Gasteiger partial charge < -0.3 is 20.1 Å². The molecule has 1 saturated heterocycles. The van der Waals surface area contributed by atoms with Gasteiger partial charge >= 0.3 is 0 Å². The fourth-order valence-corrected chi connectivity index (χ4v) is 6.14. The lowest BCUT2D eigenvalue weighted by Crippen LogP contribution is -2.44. The van der Waals surface area contributed by atoms with Gasteiger partial charge in [-0.25, -0.2) is 4.98 Å². The molecule has 2 fully saturated rings. The van der Waals surface area contributed by atoms with Crippen LogP contribution >= 0.6 is 0 Å². The van der Waals surface area contributed by atoms with Gasteiger partial charge in [0, 0.05) is 77.6 Å². The van der Waals surface area contributed by atoms with E-state index in [4.69, 9.17) is 0 Å². The first-order valence-electron chi connectivity index (χ1n) is 14.3. The first-order valence-corrected chi connectivity index (χ1v) is 14.3. The number of amides is 1. The molecule has 4 aromatic heterocycles. The molecule has 0 unspecified atom stereocenters. The fraction of sp³-hybridized carbons (Fsp3) is 0.355. The largest absolute Gasteiger partial charge is 0.368 e. The number of carbonyl (C=O) groups is 1. The van der Waals surface area contributed by atoms with E-state index in [1.54, 1.807) is 6.20 Å². The number of piperazine rings is 1. The Morgan fingerprint density at radius 2 is 1.77 bits per heavy atom. The molecule has 7 rings (SSSR count). The second-order valence-electron chi connectivity index (χ2n) is 11.2. The molecule has 1 saturated carbocycles. The number of aromatic amines is 2. The molecule has 0 spiro atoms. The molecular formula is C31H34N8O. The van der Waals surface area contributed by atoms with Crippen molar-refractivity contribution >= 4 is 39.2 Å². The van der Waals surface area contributed by atoms with Crippen molar-refractivity contribution in [2.45, 2.75) is 32.1 Å². The van der Waals surface area contributed by atoms with Crippen LogP contribution in [0.25, 0.3) is 44.5 Å². The highest BCUT2D eigenvalue weighted by molar-refractivity contribution is 6.00. The summed E-state index contributed by atoms with van der Waals surface area (Å²) in [4.78, 5) is 30.3. The highest BCUT2D eigenvalue weighted by atomic mass is 16.1. The van der Waals surface area contributed by atoms with Crippen LogP contribution < -0.4 is 10.2 Å². The van der Waals surface area contributed by atoms with Crippen molar-refractivity contribution in [2.24, 2.45) is 5.92 Å². The number of pyridine rings is 2. The minimum atomic E-state index is 0.0944. The van der Waals surface area contributed by atoms with E-state index in [0.717, 1.165) is 85.3 Å². The molecule has 5 aromatic rings. The molecular weight excluding hydrogens is 500 g/mol. The number of fused-ring (bicyclic) bond motifs is 2. The highest BCUT2D eigenvalue weighted by Crippen LogP contribution is 2.35. The van der Waals surface area contributed by atoms with Gasteiger partial charge in [0.2, 0.25) is 5.91 Å². The van der Waals surface area contributed by atoms with Crippen molar-refractivity contribution in [1.82, 2.24) is 30.0 Å². The normalized spacial score (nSPS) is 17.1. The third-order valence-electron chi connectivity index (χ3n) is 8.48. The van der Waals surface area contributed by atoms with Gasteiger partial charge in [0.25, 0.3) is 0 Å². The maximum atomic E-state index is 12.8.